The van der Waals surface area contributed by atoms with Gasteiger partial charge in [-0.25, -0.2) is 0 Å². The van der Waals surface area contributed by atoms with Crippen molar-refractivity contribution in [3.8, 4) is 0 Å². The third kappa shape index (κ3) is 10.7. The molecule has 0 spiro atoms. The second kappa shape index (κ2) is 13.3. The van der Waals surface area contributed by atoms with Crippen LogP contribution in [0.5, 0.6) is 0 Å². The van der Waals surface area contributed by atoms with Crippen LogP contribution in [-0.2, 0) is 16.5 Å². The summed E-state index contributed by atoms with van der Waals surface area (Å²) in [6.45, 7) is 4.69. The molecule has 0 aliphatic carbocycles. The van der Waals surface area contributed by atoms with Crippen LogP contribution < -0.4 is 0 Å². The van der Waals surface area contributed by atoms with Crippen molar-refractivity contribution >= 4 is 12.4 Å². The fourth-order valence-electron chi connectivity index (χ4n) is 0.917. The van der Waals surface area contributed by atoms with Gasteiger partial charge in [0.2, 0.25) is 0 Å². The Labute approximate surface area is 86.3 Å². The Balaban J connectivity index is -0.000000320. The molecule has 1 N–H and O–H groups in total. The predicted molar refractivity (Wildman–Crippen MR) is 47.6 cm³/mol. The molecule has 3 heteroatoms. The van der Waals surface area contributed by atoms with Crippen LogP contribution in [0, 0.1) is 5.92 Å². The van der Waals surface area contributed by atoms with Crippen LogP contribution in [0.2, 0.25) is 0 Å². The molecule has 0 aromatic rings. The Morgan fingerprint density at radius 3 is 2.09 bits per heavy atom. The molecule has 0 aliphatic heterocycles. The smallest absolute Gasteiger partial charge is 0.0459 e. The van der Waals surface area contributed by atoms with Crippen molar-refractivity contribution in [2.45, 2.75) is 39.5 Å². The van der Waals surface area contributed by atoms with E-state index >= 15 is 0 Å². The zero-order valence-electron chi connectivity index (χ0n) is 7.28. The Morgan fingerprint density at radius 1 is 1.27 bits per heavy atom. The van der Waals surface area contributed by atoms with E-state index in [-0.39, 0.29) is 28.9 Å². The molecule has 0 aliphatic rings. The molecule has 0 amide bonds. The second-order valence-corrected chi connectivity index (χ2v) is 2.60. The first-order valence-corrected chi connectivity index (χ1v) is 3.96. The molecule has 1 atom stereocenters. The summed E-state index contributed by atoms with van der Waals surface area (Å²) < 4.78 is 0. The van der Waals surface area contributed by atoms with Crippen molar-refractivity contribution < 1.29 is 21.6 Å². The Hall–Kier alpha value is 0.744. The molecule has 74 valence electrons. The fraction of sp³-hybridized carbons (Fsp3) is 1.00. The van der Waals surface area contributed by atoms with Crippen molar-refractivity contribution in [3.63, 3.8) is 0 Å². The van der Waals surface area contributed by atoms with Crippen LogP contribution in [0.3, 0.4) is 0 Å². The number of aliphatic hydroxyl groups is 1. The van der Waals surface area contributed by atoms with Crippen molar-refractivity contribution in [3.05, 3.63) is 0 Å². The van der Waals surface area contributed by atoms with Gasteiger partial charge in [0.15, 0.2) is 0 Å². The van der Waals surface area contributed by atoms with Gasteiger partial charge in [-0.1, -0.05) is 33.1 Å². The molecular weight excluding hydrogens is 206 g/mol. The van der Waals surface area contributed by atoms with Gasteiger partial charge in [0.1, 0.15) is 0 Å². The zero-order chi connectivity index (χ0) is 7.11. The minimum atomic E-state index is 0. The van der Waals surface area contributed by atoms with Gasteiger partial charge < -0.3 is 5.11 Å². The normalized spacial score (nSPS) is 11.2. The van der Waals surface area contributed by atoms with Crippen LogP contribution in [0.15, 0.2) is 0 Å². The number of aliphatic hydroxyl groups excluding tert-OH is 1. The van der Waals surface area contributed by atoms with Crippen LogP contribution >= 0.6 is 12.4 Å². The average Bonchev–Trinajstić information content (AvgIpc) is 1.91. The van der Waals surface area contributed by atoms with Crippen molar-refractivity contribution in [1.82, 2.24) is 0 Å². The molecule has 0 saturated heterocycles. The van der Waals surface area contributed by atoms with Gasteiger partial charge >= 0.3 is 0 Å². The van der Waals surface area contributed by atoms with E-state index in [0.29, 0.717) is 12.5 Å². The van der Waals surface area contributed by atoms with Crippen molar-refractivity contribution in [2.24, 2.45) is 5.92 Å². The summed E-state index contributed by atoms with van der Waals surface area (Å²) in [5, 5.41) is 8.75. The Kier molecular flexibility index (Phi) is 21.5. The summed E-state index contributed by atoms with van der Waals surface area (Å²) in [5.41, 5.74) is 0. The molecule has 0 rings (SSSR count). The summed E-state index contributed by atoms with van der Waals surface area (Å²) in [6.07, 6.45) is 4.83. The van der Waals surface area contributed by atoms with Crippen LogP contribution in [0.1, 0.15) is 39.5 Å². The van der Waals surface area contributed by atoms with Gasteiger partial charge in [-0.05, 0) is 12.3 Å². The Morgan fingerprint density at radius 2 is 1.82 bits per heavy atom. The van der Waals surface area contributed by atoms with Gasteiger partial charge in [0, 0.05) is 23.1 Å². The average molecular weight is 225 g/mol. The van der Waals surface area contributed by atoms with E-state index in [9.17, 15) is 0 Å². The van der Waals surface area contributed by atoms with Gasteiger partial charge in [0.05, 0.1) is 0 Å². The molecule has 11 heavy (non-hydrogen) atoms. The summed E-state index contributed by atoms with van der Waals surface area (Å²) in [4.78, 5) is 0. The van der Waals surface area contributed by atoms with Crippen molar-refractivity contribution in [1.29, 1.82) is 0 Å². The van der Waals surface area contributed by atoms with Gasteiger partial charge in [0.25, 0.3) is 0 Å². The molecule has 0 radical (unpaired) electrons. The molecule has 0 aromatic carbocycles. The Bertz CT molecular complexity index is 58.1. The summed E-state index contributed by atoms with van der Waals surface area (Å²) >= 11 is 0. The minimum Gasteiger partial charge on any atom is -0.396 e. The number of halogens is 1. The standard InChI is InChI=1S/C8H18O.ClH.Ni/c1-3-5-6-8(4-2)7-9;;/h8-9H,3-7H2,1-2H3;1H;. The predicted octanol–water partition coefficient (Wildman–Crippen LogP) is 2.61. The maximum absolute atomic E-state index is 8.75. The third-order valence-electron chi connectivity index (χ3n) is 1.80. The molecule has 0 saturated carbocycles. The van der Waals surface area contributed by atoms with E-state index < -0.39 is 0 Å². The van der Waals surface area contributed by atoms with Gasteiger partial charge in [-0.2, -0.15) is 0 Å². The molecule has 1 unspecified atom stereocenters. The largest absolute Gasteiger partial charge is 0.396 e. The topological polar surface area (TPSA) is 20.2 Å². The number of hydrogen-bond acceptors (Lipinski definition) is 1. The monoisotopic (exact) mass is 224 g/mol. The first-order chi connectivity index (χ1) is 4.35. The molecule has 0 aromatic heterocycles. The quantitative estimate of drug-likeness (QED) is 0.713. The first kappa shape index (κ1) is 17.7. The van der Waals surface area contributed by atoms with E-state index in [4.69, 9.17) is 5.11 Å². The summed E-state index contributed by atoms with van der Waals surface area (Å²) in [6, 6.07) is 0. The molecule has 0 fully saturated rings. The van der Waals surface area contributed by atoms with E-state index in [1.807, 2.05) is 0 Å². The minimum absolute atomic E-state index is 0. The summed E-state index contributed by atoms with van der Waals surface area (Å²) in [5.74, 6) is 0.560. The zero-order valence-corrected chi connectivity index (χ0v) is 9.09. The van der Waals surface area contributed by atoms with Crippen LogP contribution in [0.4, 0.5) is 0 Å². The molecule has 0 heterocycles. The second-order valence-electron chi connectivity index (χ2n) is 2.60. The first-order valence-electron chi connectivity index (χ1n) is 3.96. The molecule has 0 bridgehead atoms. The number of hydrogen-bond donors (Lipinski definition) is 1. The van der Waals surface area contributed by atoms with Gasteiger partial charge in [-0.15, -0.1) is 12.4 Å². The maximum atomic E-state index is 8.75. The van der Waals surface area contributed by atoms with E-state index in [0.717, 1.165) is 6.42 Å². The van der Waals surface area contributed by atoms with Gasteiger partial charge in [-0.3, -0.25) is 0 Å². The van der Waals surface area contributed by atoms with E-state index in [2.05, 4.69) is 13.8 Å². The summed E-state index contributed by atoms with van der Waals surface area (Å²) in [7, 11) is 0. The number of rotatable bonds is 5. The molecular formula is C8H19ClNiO. The maximum Gasteiger partial charge on any atom is 0.0459 e. The van der Waals surface area contributed by atoms with E-state index in [1.165, 1.54) is 19.3 Å². The fourth-order valence-corrected chi connectivity index (χ4v) is 0.917. The number of unbranched alkanes of at least 4 members (excludes halogenated alkanes) is 1. The van der Waals surface area contributed by atoms with E-state index in [1.54, 1.807) is 0 Å². The van der Waals surface area contributed by atoms with Crippen LogP contribution in [-0.4, -0.2) is 11.7 Å². The SMILES string of the molecule is CCCCC(CC)CO.Cl.[Ni]. The van der Waals surface area contributed by atoms with Crippen LogP contribution in [0.25, 0.3) is 0 Å². The third-order valence-corrected chi connectivity index (χ3v) is 1.80. The van der Waals surface area contributed by atoms with Crippen molar-refractivity contribution in [2.75, 3.05) is 6.61 Å². The molecule has 1 nitrogen and oxygen atoms in total.